The molecule has 2 rings (SSSR count). The fourth-order valence-corrected chi connectivity index (χ4v) is 2.47. The van der Waals surface area contributed by atoms with E-state index in [1.54, 1.807) is 0 Å². The minimum atomic E-state index is 0.512. The topological polar surface area (TPSA) is 70.3 Å². The van der Waals surface area contributed by atoms with E-state index in [-0.39, 0.29) is 0 Å². The van der Waals surface area contributed by atoms with Crippen LogP contribution in [0.15, 0.2) is 6.07 Å². The van der Waals surface area contributed by atoms with Crippen molar-refractivity contribution in [2.45, 2.75) is 39.3 Å². The third-order valence-electron chi connectivity index (χ3n) is 3.91. The maximum atomic E-state index is 5.48. The molecule has 1 aromatic rings. The number of hydrazine groups is 1. The summed E-state index contributed by atoms with van der Waals surface area (Å²) >= 11 is 0. The van der Waals surface area contributed by atoms with E-state index < -0.39 is 0 Å². The fourth-order valence-electron chi connectivity index (χ4n) is 2.47. The molecule has 3 N–H and O–H groups in total. The number of aryl methyl sites for hydroxylation is 1. The number of rotatable bonds is 3. The Hall–Kier alpha value is -1.40. The van der Waals surface area contributed by atoms with Crippen LogP contribution in [-0.4, -0.2) is 47.1 Å². The molecular weight excluding hydrogens is 240 g/mol. The number of nitrogens with two attached hydrogens (primary N) is 1. The zero-order valence-corrected chi connectivity index (χ0v) is 12.2. The highest BCUT2D eigenvalue weighted by atomic mass is 15.3. The zero-order valence-electron chi connectivity index (χ0n) is 12.2. The third-order valence-corrected chi connectivity index (χ3v) is 3.91. The first kappa shape index (κ1) is 14.0. The molecule has 1 aliphatic rings. The second-order valence-corrected chi connectivity index (χ2v) is 5.29. The lowest BCUT2D eigenvalue weighted by Crippen LogP contribution is -2.55. The lowest BCUT2D eigenvalue weighted by molar-refractivity contribution is 0.169. The normalized spacial score (nSPS) is 24.6. The van der Waals surface area contributed by atoms with Gasteiger partial charge < -0.3 is 10.3 Å². The number of aromatic nitrogens is 2. The highest BCUT2D eigenvalue weighted by Crippen LogP contribution is 2.21. The Morgan fingerprint density at radius 1 is 1.32 bits per heavy atom. The van der Waals surface area contributed by atoms with Gasteiger partial charge in [0, 0.05) is 37.7 Å². The minimum Gasteiger partial charge on any atom is -0.353 e. The molecule has 6 nitrogen and oxygen atoms in total. The van der Waals surface area contributed by atoms with Gasteiger partial charge >= 0.3 is 0 Å². The van der Waals surface area contributed by atoms with E-state index >= 15 is 0 Å². The molecule has 0 bridgehead atoms. The van der Waals surface area contributed by atoms with Crippen LogP contribution in [0.25, 0.3) is 0 Å². The molecule has 1 aliphatic heterocycles. The van der Waals surface area contributed by atoms with Crippen molar-refractivity contribution < 1.29 is 0 Å². The number of nitrogens with one attached hydrogen (secondary N) is 1. The predicted octanol–water partition coefficient (Wildman–Crippen LogP) is 0.853. The van der Waals surface area contributed by atoms with Crippen molar-refractivity contribution in [2.75, 3.05) is 30.5 Å². The van der Waals surface area contributed by atoms with Crippen molar-refractivity contribution in [3.8, 4) is 0 Å². The number of hydrogen-bond donors (Lipinski definition) is 2. The van der Waals surface area contributed by atoms with Gasteiger partial charge in [0.25, 0.3) is 0 Å². The molecule has 0 radical (unpaired) electrons. The van der Waals surface area contributed by atoms with Crippen molar-refractivity contribution in [1.29, 1.82) is 0 Å². The van der Waals surface area contributed by atoms with E-state index in [1.165, 1.54) is 0 Å². The molecular formula is C13H24N6. The van der Waals surface area contributed by atoms with Crippen LogP contribution >= 0.6 is 0 Å². The average Bonchev–Trinajstić information content (AvgIpc) is 2.43. The minimum absolute atomic E-state index is 0.512. The molecule has 1 saturated heterocycles. The fraction of sp³-hybridized carbons (Fsp3) is 0.692. The molecule has 2 unspecified atom stereocenters. The lowest BCUT2D eigenvalue weighted by atomic mass is 10.1. The van der Waals surface area contributed by atoms with Gasteiger partial charge in [-0.1, -0.05) is 6.92 Å². The molecule has 0 amide bonds. The van der Waals surface area contributed by atoms with E-state index in [4.69, 9.17) is 5.84 Å². The molecule has 1 fully saturated rings. The molecule has 0 aliphatic carbocycles. The van der Waals surface area contributed by atoms with Crippen molar-refractivity contribution in [1.82, 2.24) is 14.9 Å². The van der Waals surface area contributed by atoms with E-state index in [0.29, 0.717) is 17.9 Å². The Balaban J connectivity index is 2.26. The Labute approximate surface area is 115 Å². The molecule has 2 heterocycles. The first-order chi connectivity index (χ1) is 9.05. The molecule has 0 spiro atoms. The van der Waals surface area contributed by atoms with E-state index in [0.717, 1.165) is 31.2 Å². The number of nitrogens with zero attached hydrogens (tertiary/aromatic N) is 4. The van der Waals surface area contributed by atoms with Crippen LogP contribution in [-0.2, 0) is 6.42 Å². The monoisotopic (exact) mass is 264 g/mol. The van der Waals surface area contributed by atoms with Gasteiger partial charge in [-0.05, 0) is 20.9 Å². The Morgan fingerprint density at radius 2 is 1.95 bits per heavy atom. The van der Waals surface area contributed by atoms with Crippen LogP contribution in [0.5, 0.6) is 0 Å². The van der Waals surface area contributed by atoms with Crippen molar-refractivity contribution >= 4 is 11.6 Å². The van der Waals surface area contributed by atoms with Gasteiger partial charge in [0.2, 0.25) is 0 Å². The van der Waals surface area contributed by atoms with Gasteiger partial charge in [-0.3, -0.25) is 4.90 Å². The standard InChI is InChI=1S/C13H24N6/c1-5-11-15-12(17-14)6-13(16-11)19-7-9(2)18(4)10(3)8-19/h6,9-10H,5,7-8,14H2,1-4H3,(H,15,16,17). The van der Waals surface area contributed by atoms with Gasteiger partial charge in [0.15, 0.2) is 0 Å². The van der Waals surface area contributed by atoms with Gasteiger partial charge in [-0.25, -0.2) is 15.8 Å². The molecule has 0 aromatic carbocycles. The highest BCUT2D eigenvalue weighted by molar-refractivity contribution is 5.49. The van der Waals surface area contributed by atoms with E-state index in [9.17, 15) is 0 Å². The SMILES string of the molecule is CCc1nc(NN)cc(N2CC(C)N(C)C(C)C2)n1. The van der Waals surface area contributed by atoms with Crippen LogP contribution in [0.3, 0.4) is 0 Å². The maximum absolute atomic E-state index is 5.48. The zero-order chi connectivity index (χ0) is 14.0. The summed E-state index contributed by atoms with van der Waals surface area (Å²) in [6, 6.07) is 2.94. The summed E-state index contributed by atoms with van der Waals surface area (Å²) in [4.78, 5) is 13.7. The van der Waals surface area contributed by atoms with Crippen LogP contribution in [0.1, 0.15) is 26.6 Å². The summed E-state index contributed by atoms with van der Waals surface area (Å²) in [7, 11) is 2.18. The number of likely N-dealkylation sites (N-methyl/N-ethyl adjacent to an activating group) is 1. The average molecular weight is 264 g/mol. The Kier molecular flexibility index (Phi) is 4.21. The summed E-state index contributed by atoms with van der Waals surface area (Å²) in [6.07, 6.45) is 0.807. The predicted molar refractivity (Wildman–Crippen MR) is 78.1 cm³/mol. The van der Waals surface area contributed by atoms with Crippen molar-refractivity contribution in [3.05, 3.63) is 11.9 Å². The summed E-state index contributed by atoms with van der Waals surface area (Å²) in [5.41, 5.74) is 2.62. The number of nitrogen functional groups attached to an aromatic ring is 1. The maximum Gasteiger partial charge on any atom is 0.145 e. The summed E-state index contributed by atoms with van der Waals surface area (Å²) in [6.45, 7) is 8.49. The molecule has 6 heteroatoms. The lowest BCUT2D eigenvalue weighted by Gasteiger charge is -2.43. The largest absolute Gasteiger partial charge is 0.353 e. The van der Waals surface area contributed by atoms with Gasteiger partial charge in [-0.2, -0.15) is 0 Å². The Bertz CT molecular complexity index is 401. The van der Waals surface area contributed by atoms with Crippen LogP contribution in [0, 0.1) is 0 Å². The van der Waals surface area contributed by atoms with Crippen molar-refractivity contribution in [3.63, 3.8) is 0 Å². The molecule has 1 aromatic heterocycles. The van der Waals surface area contributed by atoms with Crippen LogP contribution in [0.4, 0.5) is 11.6 Å². The first-order valence-corrected chi connectivity index (χ1v) is 6.86. The number of anilines is 2. The van der Waals surface area contributed by atoms with E-state index in [2.05, 4.69) is 53.0 Å². The van der Waals surface area contributed by atoms with E-state index in [1.807, 2.05) is 6.07 Å². The van der Waals surface area contributed by atoms with Gasteiger partial charge in [-0.15, -0.1) is 0 Å². The van der Waals surface area contributed by atoms with Gasteiger partial charge in [0.05, 0.1) is 0 Å². The van der Waals surface area contributed by atoms with Crippen molar-refractivity contribution in [2.24, 2.45) is 5.84 Å². The number of piperazine rings is 1. The Morgan fingerprint density at radius 3 is 2.47 bits per heavy atom. The second-order valence-electron chi connectivity index (χ2n) is 5.29. The molecule has 19 heavy (non-hydrogen) atoms. The van der Waals surface area contributed by atoms with Crippen LogP contribution in [0.2, 0.25) is 0 Å². The van der Waals surface area contributed by atoms with Gasteiger partial charge in [0.1, 0.15) is 17.5 Å². The molecule has 0 saturated carbocycles. The van der Waals surface area contributed by atoms with Crippen LogP contribution < -0.4 is 16.2 Å². The smallest absolute Gasteiger partial charge is 0.145 e. The first-order valence-electron chi connectivity index (χ1n) is 6.86. The second kappa shape index (κ2) is 5.71. The third kappa shape index (κ3) is 2.96. The summed E-state index contributed by atoms with van der Waals surface area (Å²) < 4.78 is 0. The number of hydrogen-bond acceptors (Lipinski definition) is 6. The molecule has 2 atom stereocenters. The summed E-state index contributed by atoms with van der Waals surface area (Å²) in [5.74, 6) is 7.95. The highest BCUT2D eigenvalue weighted by Gasteiger charge is 2.27. The quantitative estimate of drug-likeness (QED) is 0.623. The summed E-state index contributed by atoms with van der Waals surface area (Å²) in [5, 5.41) is 0. The molecule has 106 valence electrons.